The van der Waals surface area contributed by atoms with E-state index in [1.807, 2.05) is 0 Å². The molecule has 2 aliphatic rings. The Morgan fingerprint density at radius 3 is 2.80 bits per heavy atom. The number of amides is 1. The van der Waals surface area contributed by atoms with Crippen LogP contribution in [-0.4, -0.2) is 42.2 Å². The molecule has 1 aliphatic carbocycles. The molecule has 1 unspecified atom stereocenters. The first-order valence-corrected chi connectivity index (χ1v) is 10.2. The van der Waals surface area contributed by atoms with Crippen LogP contribution in [-0.2, 0) is 14.8 Å². The lowest BCUT2D eigenvalue weighted by Gasteiger charge is -2.24. The smallest absolute Gasteiger partial charge is 0.244 e. The van der Waals surface area contributed by atoms with Crippen LogP contribution in [0.1, 0.15) is 25.7 Å². The number of carbonyl (C=O) groups is 1. The first-order valence-electron chi connectivity index (χ1n) is 8.34. The van der Waals surface area contributed by atoms with Crippen LogP contribution in [0.5, 0.6) is 0 Å². The van der Waals surface area contributed by atoms with E-state index in [4.69, 9.17) is 11.6 Å². The summed E-state index contributed by atoms with van der Waals surface area (Å²) < 4.78 is 27.8. The third-order valence-corrected chi connectivity index (χ3v) is 6.97. The molecule has 25 heavy (non-hydrogen) atoms. The highest BCUT2D eigenvalue weighted by atomic mass is 35.5. The molecule has 0 bridgehead atoms. The molecule has 1 atom stereocenters. The van der Waals surface area contributed by atoms with Crippen LogP contribution in [0.3, 0.4) is 0 Å². The molecule has 0 spiro atoms. The number of fused-ring (bicyclic) bond motifs is 1. The van der Waals surface area contributed by atoms with E-state index in [0.29, 0.717) is 35.3 Å². The van der Waals surface area contributed by atoms with Gasteiger partial charge in [-0.25, -0.2) is 8.42 Å². The van der Waals surface area contributed by atoms with Crippen molar-refractivity contribution in [1.82, 2.24) is 14.6 Å². The number of aromatic nitrogens is 1. The zero-order valence-corrected chi connectivity index (χ0v) is 15.1. The van der Waals surface area contributed by atoms with Crippen molar-refractivity contribution in [3.63, 3.8) is 0 Å². The van der Waals surface area contributed by atoms with E-state index in [9.17, 15) is 13.2 Å². The Balaban J connectivity index is 1.74. The second-order valence-corrected chi connectivity index (χ2v) is 8.77. The summed E-state index contributed by atoms with van der Waals surface area (Å²) in [5.41, 5.74) is 0.448. The number of sulfonamides is 1. The molecule has 2 fully saturated rings. The number of pyridine rings is 1. The zero-order valence-electron chi connectivity index (χ0n) is 13.5. The van der Waals surface area contributed by atoms with Gasteiger partial charge in [-0.2, -0.15) is 4.31 Å². The quantitative estimate of drug-likeness (QED) is 0.884. The molecule has 1 aliphatic heterocycles. The van der Waals surface area contributed by atoms with Gasteiger partial charge < -0.3 is 5.32 Å². The second-order valence-electron chi connectivity index (χ2n) is 6.50. The maximum Gasteiger partial charge on any atom is 0.244 e. The van der Waals surface area contributed by atoms with Crippen molar-refractivity contribution in [1.29, 1.82) is 0 Å². The van der Waals surface area contributed by atoms with Crippen molar-refractivity contribution in [3.05, 3.63) is 35.5 Å². The number of hydrogen-bond donors (Lipinski definition) is 1. The Morgan fingerprint density at radius 2 is 2.04 bits per heavy atom. The molecule has 1 saturated heterocycles. The highest BCUT2D eigenvalue weighted by Crippen LogP contribution is 2.33. The van der Waals surface area contributed by atoms with Gasteiger partial charge in [0.25, 0.3) is 0 Å². The van der Waals surface area contributed by atoms with Gasteiger partial charge in [0.05, 0.1) is 15.4 Å². The van der Waals surface area contributed by atoms with E-state index in [1.165, 1.54) is 10.4 Å². The van der Waals surface area contributed by atoms with Crippen LogP contribution in [0.2, 0.25) is 5.02 Å². The lowest BCUT2D eigenvalue weighted by atomic mass is 10.2. The minimum atomic E-state index is -3.82. The van der Waals surface area contributed by atoms with E-state index in [1.54, 1.807) is 24.4 Å². The van der Waals surface area contributed by atoms with Crippen molar-refractivity contribution in [2.75, 3.05) is 6.54 Å². The summed E-state index contributed by atoms with van der Waals surface area (Å²) in [7, 11) is -3.82. The SMILES string of the molecule is O=C(NC1CC1)C1CCCN1S(=O)(=O)c1ccc(Cl)c2ncccc12. The Kier molecular flexibility index (Phi) is 4.17. The minimum Gasteiger partial charge on any atom is -0.352 e. The maximum atomic E-state index is 13.3. The van der Waals surface area contributed by atoms with Crippen LogP contribution >= 0.6 is 11.6 Å². The molecule has 0 radical (unpaired) electrons. The molecule has 2 heterocycles. The Hall–Kier alpha value is -1.70. The largest absolute Gasteiger partial charge is 0.352 e. The van der Waals surface area contributed by atoms with E-state index >= 15 is 0 Å². The van der Waals surface area contributed by atoms with E-state index < -0.39 is 16.1 Å². The zero-order chi connectivity index (χ0) is 17.6. The number of hydrogen-bond acceptors (Lipinski definition) is 4. The number of carbonyl (C=O) groups excluding carboxylic acids is 1. The number of halogens is 1. The fourth-order valence-corrected chi connectivity index (χ4v) is 5.33. The molecule has 1 aromatic carbocycles. The highest BCUT2D eigenvalue weighted by molar-refractivity contribution is 7.89. The predicted octanol–water partition coefficient (Wildman–Crippen LogP) is 2.32. The molecule has 1 saturated carbocycles. The third kappa shape index (κ3) is 3.01. The lowest BCUT2D eigenvalue weighted by Crippen LogP contribution is -2.46. The summed E-state index contributed by atoms with van der Waals surface area (Å²) >= 11 is 6.15. The topological polar surface area (TPSA) is 79.4 Å². The average Bonchev–Trinajstić information content (AvgIpc) is 3.25. The van der Waals surface area contributed by atoms with Crippen LogP contribution in [0, 0.1) is 0 Å². The lowest BCUT2D eigenvalue weighted by molar-refractivity contribution is -0.124. The molecule has 1 N–H and O–H groups in total. The predicted molar refractivity (Wildman–Crippen MR) is 94.8 cm³/mol. The highest BCUT2D eigenvalue weighted by Gasteiger charge is 2.41. The summed E-state index contributed by atoms with van der Waals surface area (Å²) in [6.45, 7) is 0.343. The van der Waals surface area contributed by atoms with Crippen LogP contribution in [0.15, 0.2) is 35.4 Å². The fourth-order valence-electron chi connectivity index (χ4n) is 3.28. The van der Waals surface area contributed by atoms with Crippen molar-refractivity contribution < 1.29 is 13.2 Å². The summed E-state index contributed by atoms with van der Waals surface area (Å²) in [5.74, 6) is -0.194. The summed E-state index contributed by atoms with van der Waals surface area (Å²) in [6, 6.07) is 5.97. The van der Waals surface area contributed by atoms with Gasteiger partial charge in [-0.3, -0.25) is 9.78 Å². The second kappa shape index (κ2) is 6.23. The molecule has 8 heteroatoms. The first kappa shape index (κ1) is 16.8. The van der Waals surface area contributed by atoms with Gasteiger partial charge in [-0.15, -0.1) is 0 Å². The molecule has 1 amide bonds. The molecule has 2 aromatic rings. The fraction of sp³-hybridized carbons (Fsp3) is 0.412. The van der Waals surface area contributed by atoms with Crippen molar-refractivity contribution in [2.45, 2.75) is 42.7 Å². The molecular weight excluding hydrogens is 362 g/mol. The van der Waals surface area contributed by atoms with Crippen molar-refractivity contribution >= 4 is 38.4 Å². The Morgan fingerprint density at radius 1 is 1.24 bits per heavy atom. The van der Waals surface area contributed by atoms with E-state index in [0.717, 1.165) is 12.8 Å². The number of rotatable bonds is 4. The normalized spacial score (nSPS) is 21.6. The molecule has 1 aromatic heterocycles. The van der Waals surface area contributed by atoms with Crippen molar-refractivity contribution in [2.24, 2.45) is 0 Å². The number of nitrogens with zero attached hydrogens (tertiary/aromatic N) is 2. The van der Waals surface area contributed by atoms with Crippen molar-refractivity contribution in [3.8, 4) is 0 Å². The average molecular weight is 380 g/mol. The third-order valence-electron chi connectivity index (χ3n) is 4.70. The van der Waals surface area contributed by atoms with Gasteiger partial charge in [0, 0.05) is 24.2 Å². The monoisotopic (exact) mass is 379 g/mol. The first-order chi connectivity index (χ1) is 12.0. The van der Waals surface area contributed by atoms with Crippen LogP contribution in [0.25, 0.3) is 10.9 Å². The molecule has 6 nitrogen and oxygen atoms in total. The minimum absolute atomic E-state index is 0.145. The van der Waals surface area contributed by atoms with Crippen LogP contribution in [0.4, 0.5) is 0 Å². The number of benzene rings is 1. The molecular formula is C17H18ClN3O3S. The van der Waals surface area contributed by atoms with E-state index in [2.05, 4.69) is 10.3 Å². The van der Waals surface area contributed by atoms with Crippen LogP contribution < -0.4 is 5.32 Å². The van der Waals surface area contributed by atoms with Gasteiger partial charge in [0.15, 0.2) is 0 Å². The van der Waals surface area contributed by atoms with Gasteiger partial charge in [-0.1, -0.05) is 11.6 Å². The van der Waals surface area contributed by atoms with E-state index in [-0.39, 0.29) is 16.8 Å². The summed E-state index contributed by atoms with van der Waals surface area (Å²) in [4.78, 5) is 16.8. The van der Waals surface area contributed by atoms with Gasteiger partial charge >= 0.3 is 0 Å². The standard InChI is InChI=1S/C17H18ClN3O3S/c18-13-7-8-15(12-3-1-9-19-16(12)13)25(23,24)21-10-2-4-14(21)17(22)20-11-5-6-11/h1,3,7-9,11,14H,2,4-6,10H2,(H,20,22). The summed E-state index contributed by atoms with van der Waals surface area (Å²) in [6.07, 6.45) is 4.73. The number of nitrogens with one attached hydrogen (secondary N) is 1. The molecule has 132 valence electrons. The van der Waals surface area contributed by atoms with Gasteiger partial charge in [0.2, 0.25) is 15.9 Å². The molecule has 4 rings (SSSR count). The Labute approximate surface area is 151 Å². The Bertz CT molecular complexity index is 943. The van der Waals surface area contributed by atoms with Gasteiger partial charge in [0.1, 0.15) is 6.04 Å². The summed E-state index contributed by atoms with van der Waals surface area (Å²) in [5, 5.41) is 3.79. The van der Waals surface area contributed by atoms with Gasteiger partial charge in [-0.05, 0) is 49.9 Å². The maximum absolute atomic E-state index is 13.3.